The second kappa shape index (κ2) is 5.88. The van der Waals surface area contributed by atoms with Gasteiger partial charge in [0.2, 0.25) is 6.41 Å². The van der Waals surface area contributed by atoms with Crippen molar-refractivity contribution < 1.29 is 14.7 Å². The number of amides is 1. The molecule has 1 amide bonds. The number of likely N-dealkylation sites (N-methyl/N-ethyl adjacent to an activating group) is 1. The Morgan fingerprint density at radius 3 is 2.68 bits per heavy atom. The summed E-state index contributed by atoms with van der Waals surface area (Å²) in [6.07, 6.45) is 0.748. The van der Waals surface area contributed by atoms with E-state index in [1.165, 1.54) is 0 Å². The van der Waals surface area contributed by atoms with Gasteiger partial charge in [-0.2, -0.15) is 0 Å². The molecule has 1 heterocycles. The van der Waals surface area contributed by atoms with E-state index < -0.39 is 11.4 Å². The van der Waals surface area contributed by atoms with Crippen LogP contribution in [-0.2, 0) is 9.59 Å². The number of carboxylic acid groups (broad SMARTS) is 1. The van der Waals surface area contributed by atoms with Gasteiger partial charge in [-0.1, -0.05) is 0 Å². The normalized spacial score (nSPS) is 25.1. The van der Waals surface area contributed by atoms with Gasteiger partial charge in [0.05, 0.1) is 5.41 Å². The highest BCUT2D eigenvalue weighted by Gasteiger charge is 2.36. The van der Waals surface area contributed by atoms with Gasteiger partial charge in [-0.3, -0.25) is 14.5 Å². The van der Waals surface area contributed by atoms with Crippen LogP contribution in [0, 0.1) is 5.41 Å². The van der Waals surface area contributed by atoms with Gasteiger partial charge < -0.3 is 15.3 Å². The molecule has 2 N–H and O–H groups in total. The van der Waals surface area contributed by atoms with Gasteiger partial charge in [-0.05, 0) is 27.8 Å². The number of carboxylic acids is 1. The predicted molar refractivity (Wildman–Crippen MR) is 73.0 cm³/mol. The quantitative estimate of drug-likeness (QED) is 0.657. The second-order valence-electron chi connectivity index (χ2n) is 6.29. The summed E-state index contributed by atoms with van der Waals surface area (Å²) in [6, 6.07) is 0. The first-order valence-corrected chi connectivity index (χ1v) is 6.56. The molecule has 0 radical (unpaired) electrons. The van der Waals surface area contributed by atoms with Gasteiger partial charge in [0.15, 0.2) is 0 Å². The lowest BCUT2D eigenvalue weighted by molar-refractivity contribution is -0.148. The molecule has 19 heavy (non-hydrogen) atoms. The molecule has 0 spiro atoms. The van der Waals surface area contributed by atoms with Gasteiger partial charge in [-0.25, -0.2) is 0 Å². The Labute approximate surface area is 114 Å². The Bertz CT molecular complexity index is 346. The highest BCUT2D eigenvalue weighted by molar-refractivity contribution is 5.74. The molecule has 1 saturated heterocycles. The van der Waals surface area contributed by atoms with Crippen molar-refractivity contribution in [1.82, 2.24) is 15.1 Å². The third-order valence-corrected chi connectivity index (χ3v) is 3.92. The van der Waals surface area contributed by atoms with E-state index in [2.05, 4.69) is 17.1 Å². The summed E-state index contributed by atoms with van der Waals surface area (Å²) in [4.78, 5) is 26.1. The number of hydrogen-bond donors (Lipinski definition) is 2. The lowest BCUT2D eigenvalue weighted by Crippen LogP contribution is -2.63. The largest absolute Gasteiger partial charge is 0.481 e. The predicted octanol–water partition coefficient (Wildman–Crippen LogP) is -0.151. The smallest absolute Gasteiger partial charge is 0.310 e. The van der Waals surface area contributed by atoms with E-state index in [0.29, 0.717) is 6.54 Å². The lowest BCUT2D eigenvalue weighted by Gasteiger charge is -2.45. The fourth-order valence-electron chi connectivity index (χ4n) is 2.33. The van der Waals surface area contributed by atoms with Crippen LogP contribution < -0.4 is 5.32 Å². The molecule has 0 aromatic heterocycles. The van der Waals surface area contributed by atoms with Crippen molar-refractivity contribution in [2.75, 3.05) is 39.8 Å². The number of piperazine rings is 1. The van der Waals surface area contributed by atoms with Crippen LogP contribution in [0.25, 0.3) is 0 Å². The molecule has 1 unspecified atom stereocenters. The van der Waals surface area contributed by atoms with Crippen molar-refractivity contribution in [3.63, 3.8) is 0 Å². The van der Waals surface area contributed by atoms with E-state index >= 15 is 0 Å². The molecular formula is C13H25N3O3. The maximum atomic E-state index is 11.2. The molecule has 0 saturated carbocycles. The molecular weight excluding hydrogens is 246 g/mol. The number of hydrogen-bond acceptors (Lipinski definition) is 4. The van der Waals surface area contributed by atoms with E-state index in [4.69, 9.17) is 5.11 Å². The highest BCUT2D eigenvalue weighted by atomic mass is 16.4. The van der Waals surface area contributed by atoms with E-state index in [0.717, 1.165) is 26.0 Å². The molecule has 6 nitrogen and oxygen atoms in total. The maximum absolute atomic E-state index is 11.2. The summed E-state index contributed by atoms with van der Waals surface area (Å²) in [5.41, 5.74) is -1.09. The molecule has 0 bridgehead atoms. The zero-order valence-electron chi connectivity index (χ0n) is 12.3. The van der Waals surface area contributed by atoms with E-state index in [1.54, 1.807) is 18.7 Å². The van der Waals surface area contributed by atoms with Crippen LogP contribution in [0.5, 0.6) is 0 Å². The van der Waals surface area contributed by atoms with Crippen molar-refractivity contribution in [2.45, 2.75) is 26.3 Å². The zero-order valence-corrected chi connectivity index (χ0v) is 12.3. The summed E-state index contributed by atoms with van der Waals surface area (Å²) in [6.45, 7) is 8.75. The Hall–Kier alpha value is -1.14. The van der Waals surface area contributed by atoms with Crippen molar-refractivity contribution in [2.24, 2.45) is 5.41 Å². The maximum Gasteiger partial charge on any atom is 0.310 e. The lowest BCUT2D eigenvalue weighted by atomic mass is 9.91. The van der Waals surface area contributed by atoms with Crippen LogP contribution in [0.3, 0.4) is 0 Å². The number of rotatable bonds is 6. The van der Waals surface area contributed by atoms with E-state index in [1.807, 2.05) is 7.05 Å². The van der Waals surface area contributed by atoms with Gasteiger partial charge >= 0.3 is 5.97 Å². The van der Waals surface area contributed by atoms with E-state index in [9.17, 15) is 9.59 Å². The Morgan fingerprint density at radius 1 is 1.58 bits per heavy atom. The highest BCUT2D eigenvalue weighted by Crippen LogP contribution is 2.21. The Kier molecular flexibility index (Phi) is 4.92. The van der Waals surface area contributed by atoms with Crippen LogP contribution >= 0.6 is 0 Å². The minimum absolute atomic E-state index is 0.159. The van der Waals surface area contributed by atoms with E-state index in [-0.39, 0.29) is 12.1 Å². The molecule has 1 aliphatic rings. The van der Waals surface area contributed by atoms with Gasteiger partial charge in [0.25, 0.3) is 0 Å². The summed E-state index contributed by atoms with van der Waals surface area (Å²) >= 11 is 0. The Balaban J connectivity index is 2.71. The van der Waals surface area contributed by atoms with Gasteiger partial charge in [-0.15, -0.1) is 0 Å². The standard InChI is InChI=1S/C13H25N3O3/c1-12(2,11(18)19)8-16(10-17)9-13(3)7-14-5-6-15(13)4/h10,14H,5-9H2,1-4H3,(H,18,19). The van der Waals surface area contributed by atoms with Crippen molar-refractivity contribution in [3.05, 3.63) is 0 Å². The average Bonchev–Trinajstić information content (AvgIpc) is 2.32. The van der Waals surface area contributed by atoms with Crippen LogP contribution in [-0.4, -0.2) is 72.6 Å². The first-order chi connectivity index (χ1) is 8.71. The van der Waals surface area contributed by atoms with Crippen molar-refractivity contribution in [3.8, 4) is 0 Å². The number of carbonyl (C=O) groups is 2. The fourth-order valence-corrected chi connectivity index (χ4v) is 2.33. The number of nitrogens with zero attached hydrogens (tertiary/aromatic N) is 2. The van der Waals surface area contributed by atoms with Gasteiger partial charge in [0.1, 0.15) is 0 Å². The summed E-state index contributed by atoms with van der Waals surface area (Å²) < 4.78 is 0. The van der Waals surface area contributed by atoms with Crippen LogP contribution in [0.1, 0.15) is 20.8 Å². The third kappa shape index (κ3) is 3.91. The van der Waals surface area contributed by atoms with Crippen LogP contribution in [0.2, 0.25) is 0 Å². The molecule has 1 fully saturated rings. The average molecular weight is 271 g/mol. The fraction of sp³-hybridized carbons (Fsp3) is 0.846. The molecule has 0 aromatic rings. The molecule has 1 aliphatic heterocycles. The molecule has 0 aromatic carbocycles. The minimum atomic E-state index is -0.933. The molecule has 6 heteroatoms. The first kappa shape index (κ1) is 15.9. The monoisotopic (exact) mass is 271 g/mol. The second-order valence-corrected chi connectivity index (χ2v) is 6.29. The van der Waals surface area contributed by atoms with Gasteiger partial charge in [0, 0.05) is 38.3 Å². The first-order valence-electron chi connectivity index (χ1n) is 6.56. The SMILES string of the molecule is CN1CCNCC1(C)CN(C=O)CC(C)(C)C(=O)O. The Morgan fingerprint density at radius 2 is 2.21 bits per heavy atom. The molecule has 1 atom stereocenters. The van der Waals surface area contributed by atoms with Crippen LogP contribution in [0.15, 0.2) is 0 Å². The summed E-state index contributed by atoms with van der Waals surface area (Å²) in [5.74, 6) is -0.889. The number of carbonyl (C=O) groups excluding carboxylic acids is 1. The number of nitrogens with one attached hydrogen (secondary N) is 1. The summed E-state index contributed by atoms with van der Waals surface area (Å²) in [7, 11) is 2.03. The topological polar surface area (TPSA) is 72.9 Å². The third-order valence-electron chi connectivity index (χ3n) is 3.92. The summed E-state index contributed by atoms with van der Waals surface area (Å²) in [5, 5.41) is 12.5. The molecule has 0 aliphatic carbocycles. The molecule has 110 valence electrons. The zero-order chi connectivity index (χ0) is 14.7. The van der Waals surface area contributed by atoms with Crippen LogP contribution in [0.4, 0.5) is 0 Å². The number of aliphatic carboxylic acids is 1. The molecule has 1 rings (SSSR count). The van der Waals surface area contributed by atoms with Crippen molar-refractivity contribution >= 4 is 12.4 Å². The minimum Gasteiger partial charge on any atom is -0.481 e. The van der Waals surface area contributed by atoms with Crippen molar-refractivity contribution in [1.29, 1.82) is 0 Å².